The SMILES string of the molecule is C=C(C)C(=O)OC=COc1ccc(C#Cc2cc(OC(=O)C(=C)C)c(C#Cc3ccc(OC(=O)C(=C)C)cc3)cc2OC(=O)C(=C)C)cc1. The second-order valence-electron chi connectivity index (χ2n) is 10.5. The van der Waals surface area contributed by atoms with Crippen LogP contribution in [-0.2, 0) is 23.9 Å². The van der Waals surface area contributed by atoms with Crippen LogP contribution in [0.3, 0.4) is 0 Å². The summed E-state index contributed by atoms with van der Waals surface area (Å²) in [7, 11) is 0. The van der Waals surface area contributed by atoms with Crippen molar-refractivity contribution in [3.8, 4) is 46.7 Å². The lowest BCUT2D eigenvalue weighted by molar-refractivity contribution is -0.134. The van der Waals surface area contributed by atoms with Crippen molar-refractivity contribution in [1.29, 1.82) is 0 Å². The van der Waals surface area contributed by atoms with Crippen molar-refractivity contribution in [2.75, 3.05) is 0 Å². The van der Waals surface area contributed by atoms with Crippen LogP contribution in [0.4, 0.5) is 0 Å². The number of hydrogen-bond donors (Lipinski definition) is 0. The first-order valence-electron chi connectivity index (χ1n) is 14.5. The summed E-state index contributed by atoms with van der Waals surface area (Å²) in [5.74, 6) is 10.2. The summed E-state index contributed by atoms with van der Waals surface area (Å²) in [4.78, 5) is 48.4. The zero-order chi connectivity index (χ0) is 36.1. The fraction of sp³-hybridized carbons (Fsp3) is 0.100. The van der Waals surface area contributed by atoms with Crippen molar-refractivity contribution in [2.45, 2.75) is 27.7 Å². The second kappa shape index (κ2) is 17.2. The van der Waals surface area contributed by atoms with E-state index in [-0.39, 0.29) is 44.9 Å². The largest absolute Gasteiger partial charge is 0.462 e. The van der Waals surface area contributed by atoms with E-state index in [9.17, 15) is 19.2 Å². The average Bonchev–Trinajstić information content (AvgIpc) is 3.06. The van der Waals surface area contributed by atoms with Crippen LogP contribution in [0.15, 0.2) is 122 Å². The van der Waals surface area contributed by atoms with E-state index >= 15 is 0 Å². The molecule has 0 aliphatic carbocycles. The Balaban J connectivity index is 1.99. The molecule has 3 aromatic rings. The normalized spacial score (nSPS) is 9.88. The lowest BCUT2D eigenvalue weighted by Crippen LogP contribution is -2.12. The monoisotopic (exact) mass is 656 g/mol. The first-order chi connectivity index (χ1) is 23.2. The Morgan fingerprint density at radius 3 is 1.31 bits per heavy atom. The van der Waals surface area contributed by atoms with Gasteiger partial charge in [-0.3, -0.25) is 0 Å². The van der Waals surface area contributed by atoms with Crippen molar-refractivity contribution in [1.82, 2.24) is 0 Å². The molecule has 0 radical (unpaired) electrons. The average molecular weight is 657 g/mol. The van der Waals surface area contributed by atoms with Gasteiger partial charge in [0.1, 0.15) is 35.5 Å². The van der Waals surface area contributed by atoms with Gasteiger partial charge >= 0.3 is 23.9 Å². The smallest absolute Gasteiger partial charge is 0.338 e. The van der Waals surface area contributed by atoms with Gasteiger partial charge in [-0.15, -0.1) is 0 Å². The molecule has 0 heterocycles. The Hall–Kier alpha value is -6.84. The van der Waals surface area contributed by atoms with Gasteiger partial charge in [-0.25, -0.2) is 19.2 Å². The Labute approximate surface area is 284 Å². The van der Waals surface area contributed by atoms with Crippen LogP contribution in [0.2, 0.25) is 0 Å². The van der Waals surface area contributed by atoms with Crippen molar-refractivity contribution in [3.63, 3.8) is 0 Å². The molecule has 0 fully saturated rings. The highest BCUT2D eigenvalue weighted by Crippen LogP contribution is 2.30. The summed E-state index contributed by atoms with van der Waals surface area (Å²) in [6.45, 7) is 20.4. The van der Waals surface area contributed by atoms with Crippen molar-refractivity contribution in [2.24, 2.45) is 0 Å². The lowest BCUT2D eigenvalue weighted by Gasteiger charge is -2.12. The summed E-state index contributed by atoms with van der Waals surface area (Å²) in [6.07, 6.45) is 2.31. The van der Waals surface area contributed by atoms with Crippen LogP contribution in [0.5, 0.6) is 23.0 Å². The fourth-order valence-corrected chi connectivity index (χ4v) is 3.29. The van der Waals surface area contributed by atoms with E-state index in [2.05, 4.69) is 50.0 Å². The number of carbonyl (C=O) groups is 4. The minimum absolute atomic E-state index is 0.0508. The molecule has 0 saturated heterocycles. The Kier molecular flexibility index (Phi) is 12.8. The van der Waals surface area contributed by atoms with Crippen molar-refractivity contribution in [3.05, 3.63) is 144 Å². The molecule has 246 valence electrons. The number of rotatable bonds is 10. The number of hydrogen-bond acceptors (Lipinski definition) is 9. The Bertz CT molecular complexity index is 2000. The predicted octanol–water partition coefficient (Wildman–Crippen LogP) is 6.90. The zero-order valence-corrected chi connectivity index (χ0v) is 27.4. The summed E-state index contributed by atoms with van der Waals surface area (Å²) < 4.78 is 26.6. The summed E-state index contributed by atoms with van der Waals surface area (Å²) in [6, 6.07) is 16.0. The molecule has 0 unspecified atom stereocenters. The molecule has 0 aromatic heterocycles. The third-order valence-electron chi connectivity index (χ3n) is 5.92. The molecule has 0 atom stereocenters. The number of ether oxygens (including phenoxy) is 5. The van der Waals surface area contributed by atoms with Gasteiger partial charge < -0.3 is 23.7 Å². The fourth-order valence-electron chi connectivity index (χ4n) is 3.29. The number of esters is 4. The molecule has 0 amide bonds. The minimum Gasteiger partial charge on any atom is -0.462 e. The maximum atomic E-state index is 12.6. The highest BCUT2D eigenvalue weighted by Gasteiger charge is 2.17. The highest BCUT2D eigenvalue weighted by molar-refractivity contribution is 5.91. The zero-order valence-electron chi connectivity index (χ0n) is 27.4. The number of benzene rings is 3. The number of carbonyl (C=O) groups excluding carboxylic acids is 4. The van der Waals surface area contributed by atoms with E-state index in [0.717, 1.165) is 6.26 Å². The van der Waals surface area contributed by atoms with Crippen LogP contribution < -0.4 is 18.9 Å². The third kappa shape index (κ3) is 11.5. The first-order valence-corrected chi connectivity index (χ1v) is 14.5. The standard InChI is InChI=1S/C40H32O9/c1-25(2)37(41)46-22-21-45-33-17-11-29(12-18-33)9-15-31-23-36(49-40(44)28(7)8)32(24-35(31)48-39(43)27(5)6)16-10-30-13-19-34(20-14-30)47-38(42)26(3)4/h11-14,17-24H,1,3,5,7H2,2,4,6,8H3. The van der Waals surface area contributed by atoms with Gasteiger partial charge in [0.2, 0.25) is 0 Å². The Morgan fingerprint density at radius 2 is 0.898 bits per heavy atom. The van der Waals surface area contributed by atoms with Crippen molar-refractivity contribution >= 4 is 23.9 Å². The molecule has 3 aromatic carbocycles. The molecule has 3 rings (SSSR count). The van der Waals surface area contributed by atoms with Gasteiger partial charge in [-0.2, -0.15) is 0 Å². The maximum Gasteiger partial charge on any atom is 0.338 e. The van der Waals surface area contributed by atoms with Gasteiger partial charge in [0, 0.05) is 45.6 Å². The highest BCUT2D eigenvalue weighted by atomic mass is 16.6. The molecule has 0 spiro atoms. The van der Waals surface area contributed by atoms with Gasteiger partial charge in [0.25, 0.3) is 0 Å². The van der Waals surface area contributed by atoms with Crippen molar-refractivity contribution < 1.29 is 42.9 Å². The van der Waals surface area contributed by atoms with E-state index in [1.165, 1.54) is 39.2 Å². The van der Waals surface area contributed by atoms with E-state index < -0.39 is 23.9 Å². The van der Waals surface area contributed by atoms with Gasteiger partial charge in [0.15, 0.2) is 0 Å². The quantitative estimate of drug-likeness (QED) is 0.0756. The first kappa shape index (κ1) is 36.6. The summed E-state index contributed by atoms with van der Waals surface area (Å²) in [5.41, 5.74) is 2.36. The van der Waals surface area contributed by atoms with Gasteiger partial charge in [-0.1, -0.05) is 50.0 Å². The molecule has 0 aliphatic rings. The lowest BCUT2D eigenvalue weighted by atomic mass is 10.1. The van der Waals surface area contributed by atoms with Crippen LogP contribution in [-0.4, -0.2) is 23.9 Å². The molecular formula is C40H32O9. The van der Waals surface area contributed by atoms with E-state index in [4.69, 9.17) is 23.7 Å². The predicted molar refractivity (Wildman–Crippen MR) is 183 cm³/mol. The summed E-state index contributed by atoms with van der Waals surface area (Å²) >= 11 is 0. The van der Waals surface area contributed by atoms with E-state index in [1.54, 1.807) is 55.5 Å². The van der Waals surface area contributed by atoms with Crippen LogP contribution >= 0.6 is 0 Å². The van der Waals surface area contributed by atoms with Crippen LogP contribution in [0.25, 0.3) is 0 Å². The van der Waals surface area contributed by atoms with E-state index in [0.29, 0.717) is 22.6 Å². The van der Waals surface area contributed by atoms with E-state index in [1.807, 2.05) is 0 Å². The van der Waals surface area contributed by atoms with Crippen LogP contribution in [0.1, 0.15) is 49.9 Å². The second-order valence-corrected chi connectivity index (χ2v) is 10.5. The minimum atomic E-state index is -0.698. The Morgan fingerprint density at radius 1 is 0.510 bits per heavy atom. The third-order valence-corrected chi connectivity index (χ3v) is 5.92. The summed E-state index contributed by atoms with van der Waals surface area (Å²) in [5, 5.41) is 0. The van der Waals surface area contributed by atoms with Crippen LogP contribution in [0, 0.1) is 23.7 Å². The molecule has 49 heavy (non-hydrogen) atoms. The molecule has 9 heteroatoms. The molecule has 0 aliphatic heterocycles. The van der Waals surface area contributed by atoms with Gasteiger partial charge in [-0.05, 0) is 76.2 Å². The molecule has 9 nitrogen and oxygen atoms in total. The maximum absolute atomic E-state index is 12.6. The van der Waals surface area contributed by atoms with Gasteiger partial charge in [0.05, 0.1) is 11.1 Å². The topological polar surface area (TPSA) is 114 Å². The molecule has 0 bridgehead atoms. The molecular weight excluding hydrogens is 624 g/mol. The molecule has 0 saturated carbocycles. The molecule has 0 N–H and O–H groups in total.